The highest BCUT2D eigenvalue weighted by molar-refractivity contribution is 7.98. The Kier molecular flexibility index (Phi) is 11.9. The number of hydrogen-bond donors (Lipinski definition) is 7. The van der Waals surface area contributed by atoms with E-state index in [0.717, 1.165) is 16.5 Å². The van der Waals surface area contributed by atoms with Crippen molar-refractivity contribution in [3.8, 4) is 0 Å². The second kappa shape index (κ2) is 15.6. The molecule has 4 unspecified atom stereocenters. The SMILES string of the molecule is CSCCC(NC(=O)C(N)Cc1c[nH]c2ccccc12)C(=O)NC(CC(N)=O)C(=O)NC(Cc1ccccc1)C(=O)O. The molecule has 4 amide bonds. The van der Waals surface area contributed by atoms with Crippen molar-refractivity contribution in [1.82, 2.24) is 20.9 Å². The van der Waals surface area contributed by atoms with Gasteiger partial charge in [0.15, 0.2) is 0 Å². The van der Waals surface area contributed by atoms with Gasteiger partial charge in [0.05, 0.1) is 12.5 Å². The standard InChI is InChI=1S/C29H36N6O6S/c1-42-12-11-22(33-26(37)20(30)14-18-16-32-21-10-6-5-9-19(18)21)27(38)34-23(15-25(31)36)28(39)35-24(29(40)41)13-17-7-3-2-4-8-17/h2-10,16,20,22-24,32H,11-15,30H2,1H3,(H2,31,36)(H,33,37)(H,34,38)(H,35,39)(H,40,41). The second-order valence-electron chi connectivity index (χ2n) is 9.83. The third-order valence-electron chi connectivity index (χ3n) is 6.63. The molecule has 0 aliphatic carbocycles. The zero-order chi connectivity index (χ0) is 30.6. The molecule has 3 aromatic rings. The number of carbonyl (C=O) groups excluding carboxylic acids is 4. The maximum Gasteiger partial charge on any atom is 0.326 e. The molecular weight excluding hydrogens is 560 g/mol. The van der Waals surface area contributed by atoms with E-state index in [1.165, 1.54) is 11.8 Å². The number of rotatable bonds is 16. The van der Waals surface area contributed by atoms with Crippen molar-refractivity contribution >= 4 is 52.3 Å². The maximum absolute atomic E-state index is 13.3. The third kappa shape index (κ3) is 9.35. The van der Waals surface area contributed by atoms with Crippen LogP contribution < -0.4 is 27.4 Å². The van der Waals surface area contributed by atoms with E-state index in [4.69, 9.17) is 11.5 Å². The zero-order valence-corrected chi connectivity index (χ0v) is 24.0. The largest absolute Gasteiger partial charge is 0.480 e. The van der Waals surface area contributed by atoms with Crippen LogP contribution in [0.25, 0.3) is 10.9 Å². The molecule has 0 aliphatic rings. The molecule has 1 heterocycles. The lowest BCUT2D eigenvalue weighted by molar-refractivity contribution is -0.142. The van der Waals surface area contributed by atoms with Crippen LogP contribution in [0.4, 0.5) is 0 Å². The van der Waals surface area contributed by atoms with Crippen LogP contribution in [0.15, 0.2) is 60.8 Å². The van der Waals surface area contributed by atoms with E-state index in [1.54, 1.807) is 36.5 Å². The summed E-state index contributed by atoms with van der Waals surface area (Å²) in [5, 5.41) is 18.1. The minimum absolute atomic E-state index is 0.0140. The Labute approximate surface area is 247 Å². The number of carboxylic acids is 1. The first-order chi connectivity index (χ1) is 20.1. The van der Waals surface area contributed by atoms with Gasteiger partial charge < -0.3 is 37.5 Å². The molecular formula is C29H36N6O6S. The van der Waals surface area contributed by atoms with Gasteiger partial charge in [0.2, 0.25) is 23.6 Å². The molecule has 13 heteroatoms. The van der Waals surface area contributed by atoms with E-state index in [1.807, 2.05) is 30.5 Å². The summed E-state index contributed by atoms with van der Waals surface area (Å²) < 4.78 is 0. The molecule has 12 nitrogen and oxygen atoms in total. The van der Waals surface area contributed by atoms with E-state index in [9.17, 15) is 29.1 Å². The number of nitrogens with two attached hydrogens (primary N) is 2. The lowest BCUT2D eigenvalue weighted by Gasteiger charge is -2.24. The van der Waals surface area contributed by atoms with Gasteiger partial charge in [-0.15, -0.1) is 0 Å². The number of nitrogens with one attached hydrogen (secondary N) is 4. The summed E-state index contributed by atoms with van der Waals surface area (Å²) in [5.41, 5.74) is 13.9. The van der Waals surface area contributed by atoms with Gasteiger partial charge in [-0.05, 0) is 42.0 Å². The molecule has 224 valence electrons. The Bertz CT molecular complexity index is 1400. The summed E-state index contributed by atoms with van der Waals surface area (Å²) in [6.07, 6.45) is 3.47. The van der Waals surface area contributed by atoms with Crippen LogP contribution >= 0.6 is 11.8 Å². The molecule has 9 N–H and O–H groups in total. The van der Waals surface area contributed by atoms with Crippen molar-refractivity contribution in [3.05, 3.63) is 71.9 Å². The minimum atomic E-state index is -1.46. The molecule has 0 aliphatic heterocycles. The van der Waals surface area contributed by atoms with Crippen LogP contribution in [-0.2, 0) is 36.8 Å². The topological polar surface area (TPSA) is 209 Å². The molecule has 0 bridgehead atoms. The molecule has 0 fully saturated rings. The first-order valence-electron chi connectivity index (χ1n) is 13.3. The number of aromatic amines is 1. The van der Waals surface area contributed by atoms with Gasteiger partial charge >= 0.3 is 5.97 Å². The number of fused-ring (bicyclic) bond motifs is 1. The number of benzene rings is 2. The fourth-order valence-electron chi connectivity index (χ4n) is 4.42. The number of aromatic nitrogens is 1. The van der Waals surface area contributed by atoms with Gasteiger partial charge in [0.25, 0.3) is 0 Å². The molecule has 1 aromatic heterocycles. The fourth-order valence-corrected chi connectivity index (χ4v) is 4.89. The summed E-state index contributed by atoms with van der Waals surface area (Å²) in [7, 11) is 0. The van der Waals surface area contributed by atoms with Gasteiger partial charge in [-0.1, -0.05) is 48.5 Å². The Balaban J connectivity index is 1.69. The minimum Gasteiger partial charge on any atom is -0.480 e. The van der Waals surface area contributed by atoms with Crippen molar-refractivity contribution in [1.29, 1.82) is 0 Å². The van der Waals surface area contributed by atoms with Crippen molar-refractivity contribution in [3.63, 3.8) is 0 Å². The highest BCUT2D eigenvalue weighted by Crippen LogP contribution is 2.19. The monoisotopic (exact) mass is 596 g/mol. The van der Waals surface area contributed by atoms with Crippen LogP contribution in [0.2, 0.25) is 0 Å². The number of primary amides is 1. The molecule has 0 radical (unpaired) electrons. The van der Waals surface area contributed by atoms with Crippen LogP contribution in [0, 0.1) is 0 Å². The number of carboxylic acid groups (broad SMARTS) is 1. The Morgan fingerprint density at radius 3 is 2.14 bits per heavy atom. The Hall–Kier alpha value is -4.36. The summed E-state index contributed by atoms with van der Waals surface area (Å²) in [6.45, 7) is 0. The van der Waals surface area contributed by atoms with Crippen molar-refractivity contribution < 1.29 is 29.1 Å². The third-order valence-corrected chi connectivity index (χ3v) is 7.27. The van der Waals surface area contributed by atoms with Crippen LogP contribution in [0.1, 0.15) is 24.0 Å². The average Bonchev–Trinajstić information content (AvgIpc) is 3.37. The van der Waals surface area contributed by atoms with Crippen LogP contribution in [-0.4, -0.2) is 75.9 Å². The van der Waals surface area contributed by atoms with Crippen molar-refractivity contribution in [2.75, 3.05) is 12.0 Å². The first kappa shape index (κ1) is 32.2. The van der Waals surface area contributed by atoms with E-state index in [-0.39, 0.29) is 19.3 Å². The summed E-state index contributed by atoms with van der Waals surface area (Å²) in [5.74, 6) is -3.85. The van der Waals surface area contributed by atoms with Crippen molar-refractivity contribution in [2.24, 2.45) is 11.5 Å². The Morgan fingerprint density at radius 2 is 1.48 bits per heavy atom. The van der Waals surface area contributed by atoms with E-state index in [0.29, 0.717) is 11.3 Å². The number of carbonyl (C=O) groups is 5. The summed E-state index contributed by atoms with van der Waals surface area (Å²) in [4.78, 5) is 66.1. The van der Waals surface area contributed by atoms with Gasteiger partial charge in [0.1, 0.15) is 18.1 Å². The highest BCUT2D eigenvalue weighted by atomic mass is 32.2. The summed E-state index contributed by atoms with van der Waals surface area (Å²) >= 11 is 1.45. The van der Waals surface area contributed by atoms with Crippen LogP contribution in [0.5, 0.6) is 0 Å². The molecule has 3 rings (SSSR count). The fraction of sp³-hybridized carbons (Fsp3) is 0.345. The average molecular weight is 597 g/mol. The second-order valence-corrected chi connectivity index (χ2v) is 10.8. The van der Waals surface area contributed by atoms with Gasteiger partial charge in [-0.2, -0.15) is 11.8 Å². The number of amides is 4. The smallest absolute Gasteiger partial charge is 0.326 e. The molecule has 0 saturated carbocycles. The normalized spacial score (nSPS) is 13.9. The molecule has 42 heavy (non-hydrogen) atoms. The number of aliphatic carboxylic acids is 1. The highest BCUT2D eigenvalue weighted by Gasteiger charge is 2.31. The maximum atomic E-state index is 13.3. The van der Waals surface area contributed by atoms with Crippen molar-refractivity contribution in [2.45, 2.75) is 49.9 Å². The van der Waals surface area contributed by atoms with Gasteiger partial charge in [-0.25, -0.2) is 4.79 Å². The number of hydrogen-bond acceptors (Lipinski definition) is 7. The van der Waals surface area contributed by atoms with E-state index < -0.39 is 60.2 Å². The zero-order valence-electron chi connectivity index (χ0n) is 23.2. The lowest BCUT2D eigenvalue weighted by Crippen LogP contribution is -2.58. The number of H-pyrrole nitrogens is 1. The van der Waals surface area contributed by atoms with Gasteiger partial charge in [0, 0.05) is 23.5 Å². The first-order valence-corrected chi connectivity index (χ1v) is 14.7. The van der Waals surface area contributed by atoms with Gasteiger partial charge in [-0.3, -0.25) is 19.2 Å². The molecule has 0 spiro atoms. The van der Waals surface area contributed by atoms with Crippen LogP contribution in [0.3, 0.4) is 0 Å². The predicted molar refractivity (Wildman–Crippen MR) is 160 cm³/mol. The Morgan fingerprint density at radius 1 is 0.857 bits per heavy atom. The molecule has 4 atom stereocenters. The lowest BCUT2D eigenvalue weighted by atomic mass is 10.0. The molecule has 2 aromatic carbocycles. The van der Waals surface area contributed by atoms with E-state index >= 15 is 0 Å². The number of para-hydroxylation sites is 1. The number of thioether (sulfide) groups is 1. The quantitative estimate of drug-likeness (QED) is 0.123. The van der Waals surface area contributed by atoms with E-state index in [2.05, 4.69) is 20.9 Å². The molecule has 0 saturated heterocycles. The summed E-state index contributed by atoms with van der Waals surface area (Å²) in [6, 6.07) is 11.5. The predicted octanol–water partition coefficient (Wildman–Crippen LogP) is 0.448.